The van der Waals surface area contributed by atoms with Gasteiger partial charge in [-0.05, 0) is 30.0 Å². The summed E-state index contributed by atoms with van der Waals surface area (Å²) in [6, 6.07) is 6.32. The fourth-order valence-corrected chi connectivity index (χ4v) is 4.30. The summed E-state index contributed by atoms with van der Waals surface area (Å²) < 4.78 is 5.14. The summed E-state index contributed by atoms with van der Waals surface area (Å²) in [5.74, 6) is -1.83. The molecule has 0 fully saturated rings. The van der Waals surface area contributed by atoms with Crippen molar-refractivity contribution in [2.45, 2.75) is 51.3 Å². The highest BCUT2D eigenvalue weighted by Crippen LogP contribution is 2.29. The van der Waals surface area contributed by atoms with Crippen molar-refractivity contribution in [1.29, 1.82) is 0 Å². The number of hydrogen-bond donors (Lipinski definition) is 3. The van der Waals surface area contributed by atoms with Crippen LogP contribution in [-0.4, -0.2) is 53.5 Å². The number of hydrogen-bond acceptors (Lipinski definition) is 6. The minimum absolute atomic E-state index is 0.0969. The number of benzene rings is 1. The van der Waals surface area contributed by atoms with Crippen molar-refractivity contribution in [2.75, 3.05) is 14.2 Å². The summed E-state index contributed by atoms with van der Waals surface area (Å²) in [6.07, 6.45) is 0.332. The van der Waals surface area contributed by atoms with Gasteiger partial charge in [0, 0.05) is 25.6 Å². The Morgan fingerprint density at radius 2 is 1.71 bits per heavy atom. The molecule has 0 saturated carbocycles. The molecule has 1 aromatic rings. The molecule has 0 heterocycles. The molecule has 31 heavy (non-hydrogen) atoms. The molecule has 0 aromatic heterocycles. The minimum Gasteiger partial charge on any atom is -0.497 e. The minimum atomic E-state index is -1.08. The zero-order valence-corrected chi connectivity index (χ0v) is 19.5. The van der Waals surface area contributed by atoms with Gasteiger partial charge in [-0.25, -0.2) is 0 Å². The van der Waals surface area contributed by atoms with Crippen LogP contribution in [0.2, 0.25) is 0 Å². The van der Waals surface area contributed by atoms with Gasteiger partial charge in [-0.1, -0.05) is 37.7 Å². The maximum atomic E-state index is 13.2. The van der Waals surface area contributed by atoms with Crippen LogP contribution in [0.5, 0.6) is 5.75 Å². The molecule has 0 bridgehead atoms. The first-order valence-electron chi connectivity index (χ1n) is 10.1. The molecule has 0 radical (unpaired) electrons. The van der Waals surface area contributed by atoms with Gasteiger partial charge in [-0.3, -0.25) is 19.2 Å². The molecule has 3 N–H and O–H groups in total. The zero-order chi connectivity index (χ0) is 23.6. The first-order chi connectivity index (χ1) is 14.6. The van der Waals surface area contributed by atoms with Crippen molar-refractivity contribution in [3.8, 4) is 5.75 Å². The van der Waals surface area contributed by atoms with Crippen molar-refractivity contribution in [1.82, 2.24) is 10.6 Å². The van der Waals surface area contributed by atoms with Crippen LogP contribution >= 0.6 is 11.8 Å². The fraction of sp³-hybridized carbons (Fsp3) is 0.545. The van der Waals surface area contributed by atoms with Crippen LogP contribution in [0.25, 0.3) is 0 Å². The van der Waals surface area contributed by atoms with E-state index in [9.17, 15) is 24.3 Å². The standard InChI is InChI=1S/C22H32N2O6S/c1-13(2)10-17(19(12-20(26)27)31-14(3)25)21(28)24-18(22(29)23-4)11-15-6-8-16(30-5)9-7-15/h6-9,13,17-19H,10-12H2,1-5H3,(H,23,29)(H,24,28)(H,26,27)/t17?,18-,19-/m0/s1. The molecule has 2 amide bonds. The Labute approximate surface area is 187 Å². The van der Waals surface area contributed by atoms with E-state index in [1.54, 1.807) is 19.2 Å². The maximum Gasteiger partial charge on any atom is 0.304 e. The summed E-state index contributed by atoms with van der Waals surface area (Å²) in [6.45, 7) is 5.19. The average molecular weight is 453 g/mol. The lowest BCUT2D eigenvalue weighted by Gasteiger charge is -2.27. The monoisotopic (exact) mass is 452 g/mol. The summed E-state index contributed by atoms with van der Waals surface area (Å²) >= 11 is 0.861. The lowest BCUT2D eigenvalue weighted by molar-refractivity contribution is -0.137. The summed E-state index contributed by atoms with van der Waals surface area (Å²) in [4.78, 5) is 48.6. The Bertz CT molecular complexity index is 750. The highest BCUT2D eigenvalue weighted by atomic mass is 32.2. The molecule has 8 nitrogen and oxygen atoms in total. The average Bonchev–Trinajstić information content (AvgIpc) is 2.70. The third kappa shape index (κ3) is 9.42. The summed E-state index contributed by atoms with van der Waals surface area (Å²) in [5, 5.41) is 13.6. The van der Waals surface area contributed by atoms with Gasteiger partial charge in [-0.2, -0.15) is 0 Å². The van der Waals surface area contributed by atoms with Crippen LogP contribution in [-0.2, 0) is 25.6 Å². The molecule has 0 aliphatic carbocycles. The van der Waals surface area contributed by atoms with Gasteiger partial charge >= 0.3 is 5.97 Å². The van der Waals surface area contributed by atoms with Crippen molar-refractivity contribution >= 4 is 34.7 Å². The van der Waals surface area contributed by atoms with Gasteiger partial charge in [0.2, 0.25) is 11.8 Å². The van der Waals surface area contributed by atoms with Crippen molar-refractivity contribution < 1.29 is 29.0 Å². The zero-order valence-electron chi connectivity index (χ0n) is 18.6. The van der Waals surface area contributed by atoms with Crippen molar-refractivity contribution in [3.05, 3.63) is 29.8 Å². The van der Waals surface area contributed by atoms with Gasteiger partial charge in [0.25, 0.3) is 0 Å². The fourth-order valence-electron chi connectivity index (χ4n) is 3.25. The Kier molecular flexibility index (Phi) is 11.1. The normalized spacial score (nSPS) is 13.7. The lowest BCUT2D eigenvalue weighted by Crippen LogP contribution is -2.50. The number of likely N-dealkylation sites (N-methyl/N-ethyl adjacent to an activating group) is 1. The Morgan fingerprint density at radius 3 is 2.16 bits per heavy atom. The Balaban J connectivity index is 3.10. The molecule has 0 saturated heterocycles. The van der Waals surface area contributed by atoms with Crippen molar-refractivity contribution in [2.24, 2.45) is 11.8 Å². The highest BCUT2D eigenvalue weighted by Gasteiger charge is 2.34. The Morgan fingerprint density at radius 1 is 1.10 bits per heavy atom. The molecule has 172 valence electrons. The molecule has 9 heteroatoms. The van der Waals surface area contributed by atoms with E-state index in [1.807, 2.05) is 26.0 Å². The quantitative estimate of drug-likeness (QED) is 0.445. The molecule has 1 rings (SSSR count). The van der Waals surface area contributed by atoms with Crippen LogP contribution in [0.15, 0.2) is 24.3 Å². The number of nitrogens with one attached hydrogen (secondary N) is 2. The summed E-state index contributed by atoms with van der Waals surface area (Å²) in [7, 11) is 3.05. The second kappa shape index (κ2) is 13.0. The van der Waals surface area contributed by atoms with Crippen LogP contribution in [0.1, 0.15) is 39.2 Å². The third-order valence-electron chi connectivity index (χ3n) is 4.68. The van der Waals surface area contributed by atoms with E-state index in [1.165, 1.54) is 14.0 Å². The smallest absolute Gasteiger partial charge is 0.304 e. The van der Waals surface area contributed by atoms with E-state index >= 15 is 0 Å². The molecule has 0 aliphatic heterocycles. The largest absolute Gasteiger partial charge is 0.497 e. The second-order valence-corrected chi connectivity index (χ2v) is 9.13. The molecule has 0 spiro atoms. The molecule has 1 aromatic carbocycles. The lowest BCUT2D eigenvalue weighted by atomic mass is 9.91. The number of methoxy groups -OCH3 is 1. The van der Waals surface area contributed by atoms with Crippen LogP contribution < -0.4 is 15.4 Å². The van der Waals surface area contributed by atoms with Gasteiger partial charge in [0.05, 0.1) is 19.4 Å². The molecule has 3 atom stereocenters. The van der Waals surface area contributed by atoms with Gasteiger partial charge < -0.3 is 20.5 Å². The van der Waals surface area contributed by atoms with E-state index in [2.05, 4.69) is 10.6 Å². The summed E-state index contributed by atoms with van der Waals surface area (Å²) in [5.41, 5.74) is 0.829. The molecular formula is C22H32N2O6S. The van der Waals surface area contributed by atoms with Crippen LogP contribution in [0.3, 0.4) is 0 Å². The van der Waals surface area contributed by atoms with E-state index < -0.39 is 29.1 Å². The highest BCUT2D eigenvalue weighted by molar-refractivity contribution is 8.14. The maximum absolute atomic E-state index is 13.2. The number of ether oxygens (including phenoxy) is 1. The number of carboxylic acids is 1. The molecule has 0 aliphatic rings. The van der Waals surface area contributed by atoms with Gasteiger partial charge in [0.1, 0.15) is 11.8 Å². The first kappa shape index (κ1) is 26.5. The number of carboxylic acid groups (broad SMARTS) is 1. The van der Waals surface area contributed by atoms with Gasteiger partial charge in [-0.15, -0.1) is 0 Å². The Hall–Kier alpha value is -2.55. The third-order valence-corrected chi connectivity index (χ3v) is 5.81. The molecule has 1 unspecified atom stereocenters. The van der Waals surface area contributed by atoms with Crippen LogP contribution in [0, 0.1) is 11.8 Å². The number of thioether (sulfide) groups is 1. The number of carbonyl (C=O) groups is 4. The number of aliphatic carboxylic acids is 1. The van der Waals surface area contributed by atoms with Gasteiger partial charge in [0.15, 0.2) is 5.12 Å². The predicted octanol–water partition coefficient (Wildman–Crippen LogP) is 2.25. The van der Waals surface area contributed by atoms with E-state index in [0.29, 0.717) is 12.2 Å². The number of carbonyl (C=O) groups excluding carboxylic acids is 3. The second-order valence-electron chi connectivity index (χ2n) is 7.71. The predicted molar refractivity (Wildman–Crippen MR) is 120 cm³/mol. The topological polar surface area (TPSA) is 122 Å². The first-order valence-corrected chi connectivity index (χ1v) is 11.0. The SMILES string of the molecule is CNC(=O)[C@H](Cc1ccc(OC)cc1)NC(=O)C(CC(C)C)[C@H](CC(=O)O)SC(C)=O. The van der Waals surface area contributed by atoms with Crippen molar-refractivity contribution in [3.63, 3.8) is 0 Å². The van der Waals surface area contributed by atoms with E-state index in [-0.39, 0.29) is 29.8 Å². The van der Waals surface area contributed by atoms with E-state index in [4.69, 9.17) is 4.74 Å². The van der Waals surface area contributed by atoms with Crippen LogP contribution in [0.4, 0.5) is 0 Å². The number of amides is 2. The van der Waals surface area contributed by atoms with E-state index in [0.717, 1.165) is 17.3 Å². The molecular weight excluding hydrogens is 420 g/mol. The number of rotatable bonds is 12.